The Morgan fingerprint density at radius 3 is 2.67 bits per heavy atom. The third-order valence-corrected chi connectivity index (χ3v) is 4.07. The van der Waals surface area contributed by atoms with Gasteiger partial charge in [-0.25, -0.2) is 8.42 Å². The van der Waals surface area contributed by atoms with Gasteiger partial charge in [0, 0.05) is 19.0 Å². The molecule has 0 amide bonds. The minimum Gasteiger partial charge on any atom is -0.212 e. The maximum absolute atomic E-state index is 11.3. The quantitative estimate of drug-likeness (QED) is 0.510. The second-order valence-corrected chi connectivity index (χ2v) is 5.24. The zero-order valence-corrected chi connectivity index (χ0v) is 8.36. The van der Waals surface area contributed by atoms with Gasteiger partial charge in [-0.05, 0) is 12.0 Å². The molecule has 1 saturated heterocycles. The fraction of sp³-hybridized carbons (Fsp3) is 0.714. The molecule has 1 aliphatic heterocycles. The molecule has 0 saturated carbocycles. The predicted molar refractivity (Wildman–Crippen MR) is 49.8 cm³/mol. The smallest absolute Gasteiger partial charge is 0.212 e. The molecule has 1 aliphatic rings. The summed E-state index contributed by atoms with van der Waals surface area (Å²) in [6, 6.07) is 0. The van der Waals surface area contributed by atoms with Crippen LogP contribution in [-0.4, -0.2) is 37.4 Å². The lowest BCUT2D eigenvalue weighted by Crippen LogP contribution is -2.27. The number of hydrogen-bond acceptors (Lipinski definition) is 2. The zero-order valence-electron chi connectivity index (χ0n) is 6.79. The Morgan fingerprint density at radius 1 is 1.58 bits per heavy atom. The molecule has 0 unspecified atom stereocenters. The Kier molecular flexibility index (Phi) is 3.15. The van der Waals surface area contributed by atoms with Crippen LogP contribution in [0.15, 0.2) is 12.2 Å². The fourth-order valence-corrected chi connectivity index (χ4v) is 2.78. The third-order valence-electron chi connectivity index (χ3n) is 1.79. The van der Waals surface area contributed by atoms with Gasteiger partial charge in [0.2, 0.25) is 10.0 Å². The summed E-state index contributed by atoms with van der Waals surface area (Å²) in [5, 5.41) is 0. The van der Waals surface area contributed by atoms with E-state index in [0.29, 0.717) is 19.0 Å². The summed E-state index contributed by atoms with van der Waals surface area (Å²) in [7, 11) is -2.98. The summed E-state index contributed by atoms with van der Waals surface area (Å²) in [6.07, 6.45) is 0.720. The molecular formula is C7H12ClNO2S. The van der Waals surface area contributed by atoms with Crippen LogP contribution in [0.5, 0.6) is 0 Å². The van der Waals surface area contributed by atoms with Gasteiger partial charge < -0.3 is 0 Å². The predicted octanol–water partition coefficient (Wildman–Crippen LogP) is 0.817. The number of halogens is 1. The maximum atomic E-state index is 11.3. The van der Waals surface area contributed by atoms with Gasteiger partial charge in [0.25, 0.3) is 0 Å². The van der Waals surface area contributed by atoms with Crippen LogP contribution in [0.25, 0.3) is 0 Å². The second-order valence-electron chi connectivity index (χ2n) is 2.89. The molecule has 0 aromatic carbocycles. The summed E-state index contributed by atoms with van der Waals surface area (Å²) >= 11 is 5.50. The highest BCUT2D eigenvalue weighted by Gasteiger charge is 2.27. The molecule has 0 aliphatic carbocycles. The van der Waals surface area contributed by atoms with E-state index in [0.717, 1.165) is 12.0 Å². The highest BCUT2D eigenvalue weighted by molar-refractivity contribution is 7.89. The van der Waals surface area contributed by atoms with Crippen molar-refractivity contribution in [3.05, 3.63) is 12.2 Å². The molecule has 0 aromatic heterocycles. The van der Waals surface area contributed by atoms with Gasteiger partial charge in [-0.2, -0.15) is 4.31 Å². The van der Waals surface area contributed by atoms with Crippen molar-refractivity contribution < 1.29 is 8.42 Å². The van der Waals surface area contributed by atoms with Crippen molar-refractivity contribution in [1.29, 1.82) is 0 Å². The zero-order chi connectivity index (χ0) is 9.19. The van der Waals surface area contributed by atoms with Crippen molar-refractivity contribution in [2.45, 2.75) is 6.42 Å². The van der Waals surface area contributed by atoms with Gasteiger partial charge in [-0.3, -0.25) is 0 Å². The molecule has 3 nitrogen and oxygen atoms in total. The van der Waals surface area contributed by atoms with E-state index >= 15 is 0 Å². The van der Waals surface area contributed by atoms with Crippen molar-refractivity contribution in [3.63, 3.8) is 0 Å². The first-order valence-electron chi connectivity index (χ1n) is 3.76. The van der Waals surface area contributed by atoms with Crippen LogP contribution < -0.4 is 0 Å². The Labute approximate surface area is 78.1 Å². The molecule has 1 rings (SSSR count). The highest BCUT2D eigenvalue weighted by Crippen LogP contribution is 2.14. The Hall–Kier alpha value is -0.0600. The highest BCUT2D eigenvalue weighted by atomic mass is 35.5. The first-order chi connectivity index (χ1) is 5.56. The molecule has 0 radical (unpaired) electrons. The largest absolute Gasteiger partial charge is 0.214 e. The van der Waals surface area contributed by atoms with Gasteiger partial charge in [0.15, 0.2) is 0 Å². The van der Waals surface area contributed by atoms with Crippen LogP contribution in [0.2, 0.25) is 0 Å². The number of alkyl halides is 1. The Bertz CT molecular complexity index is 273. The topological polar surface area (TPSA) is 37.4 Å². The lowest BCUT2D eigenvalue weighted by molar-refractivity contribution is 0.471. The van der Waals surface area contributed by atoms with Gasteiger partial charge in [-0.15, -0.1) is 11.6 Å². The normalized spacial score (nSPS) is 22.8. The minimum absolute atomic E-state index is 0.266. The van der Waals surface area contributed by atoms with E-state index in [9.17, 15) is 8.42 Å². The summed E-state index contributed by atoms with van der Waals surface area (Å²) in [5.74, 6) is 0.592. The monoisotopic (exact) mass is 209 g/mol. The molecule has 0 bridgehead atoms. The van der Waals surface area contributed by atoms with E-state index in [-0.39, 0.29) is 5.75 Å². The van der Waals surface area contributed by atoms with Gasteiger partial charge in [-0.1, -0.05) is 6.58 Å². The number of sulfonamides is 1. The SMILES string of the molecule is C=C(CCl)CN1CCCS1(=O)=O. The minimum atomic E-state index is -2.98. The van der Waals surface area contributed by atoms with Crippen molar-refractivity contribution in [3.8, 4) is 0 Å². The molecule has 0 atom stereocenters. The number of hydrogen-bond donors (Lipinski definition) is 0. The molecule has 0 spiro atoms. The molecule has 70 valence electrons. The number of nitrogens with zero attached hydrogens (tertiary/aromatic N) is 1. The molecule has 1 fully saturated rings. The van der Waals surface area contributed by atoms with E-state index in [1.54, 1.807) is 0 Å². The fourth-order valence-electron chi connectivity index (χ4n) is 1.16. The standard InChI is InChI=1S/C7H12ClNO2S/c1-7(5-8)6-9-3-2-4-12(9,10)11/h1-6H2. The lowest BCUT2D eigenvalue weighted by Gasteiger charge is -2.13. The molecule has 0 N–H and O–H groups in total. The van der Waals surface area contributed by atoms with Crippen molar-refractivity contribution in [1.82, 2.24) is 4.31 Å². The average molecular weight is 210 g/mol. The van der Waals surface area contributed by atoms with E-state index in [1.807, 2.05) is 0 Å². The van der Waals surface area contributed by atoms with Crippen LogP contribution in [0.4, 0.5) is 0 Å². The molecule has 12 heavy (non-hydrogen) atoms. The van der Waals surface area contributed by atoms with Crippen LogP contribution in [0, 0.1) is 0 Å². The van der Waals surface area contributed by atoms with Crippen LogP contribution in [-0.2, 0) is 10.0 Å². The lowest BCUT2D eigenvalue weighted by atomic mass is 10.3. The molecule has 5 heteroatoms. The maximum Gasteiger partial charge on any atom is 0.214 e. The van der Waals surface area contributed by atoms with Gasteiger partial charge in [0.1, 0.15) is 0 Å². The van der Waals surface area contributed by atoms with Crippen molar-refractivity contribution in [2.75, 3.05) is 24.7 Å². The Balaban J connectivity index is 2.59. The van der Waals surface area contributed by atoms with Crippen molar-refractivity contribution in [2.24, 2.45) is 0 Å². The summed E-state index contributed by atoms with van der Waals surface area (Å²) in [5.41, 5.74) is 0.752. The summed E-state index contributed by atoms with van der Waals surface area (Å²) < 4.78 is 24.0. The van der Waals surface area contributed by atoms with Gasteiger partial charge in [0.05, 0.1) is 5.75 Å². The summed E-state index contributed by atoms with van der Waals surface area (Å²) in [4.78, 5) is 0. The molecule has 1 heterocycles. The first-order valence-corrected chi connectivity index (χ1v) is 5.91. The molecule has 0 aromatic rings. The van der Waals surface area contributed by atoms with Gasteiger partial charge >= 0.3 is 0 Å². The summed E-state index contributed by atoms with van der Waals surface area (Å²) in [6.45, 7) is 4.65. The van der Waals surface area contributed by atoms with E-state index in [1.165, 1.54) is 4.31 Å². The molecular weight excluding hydrogens is 198 g/mol. The number of rotatable bonds is 3. The van der Waals surface area contributed by atoms with Crippen LogP contribution in [0.1, 0.15) is 6.42 Å². The van der Waals surface area contributed by atoms with Crippen LogP contribution >= 0.6 is 11.6 Å². The Morgan fingerprint density at radius 2 is 2.25 bits per heavy atom. The van der Waals surface area contributed by atoms with E-state index < -0.39 is 10.0 Å². The third kappa shape index (κ3) is 2.21. The van der Waals surface area contributed by atoms with Crippen molar-refractivity contribution >= 4 is 21.6 Å². The van der Waals surface area contributed by atoms with E-state index in [4.69, 9.17) is 11.6 Å². The first kappa shape index (κ1) is 10.0. The van der Waals surface area contributed by atoms with Crippen LogP contribution in [0.3, 0.4) is 0 Å². The second kappa shape index (κ2) is 3.77. The van der Waals surface area contributed by atoms with E-state index in [2.05, 4.69) is 6.58 Å². The average Bonchev–Trinajstić information content (AvgIpc) is 2.31.